The van der Waals surface area contributed by atoms with E-state index in [1.807, 2.05) is 6.92 Å². The molecule has 1 rings (SSSR count). The van der Waals surface area contributed by atoms with Gasteiger partial charge in [0.1, 0.15) is 5.69 Å². The molecule has 0 unspecified atom stereocenters. The molecule has 0 spiro atoms. The second kappa shape index (κ2) is 9.80. The summed E-state index contributed by atoms with van der Waals surface area (Å²) < 4.78 is 24.0. The van der Waals surface area contributed by atoms with Gasteiger partial charge in [-0.2, -0.15) is 5.10 Å². The summed E-state index contributed by atoms with van der Waals surface area (Å²) in [6, 6.07) is 3.08. The zero-order chi connectivity index (χ0) is 19.7. The van der Waals surface area contributed by atoms with Crippen molar-refractivity contribution in [1.29, 1.82) is 0 Å². The minimum absolute atomic E-state index is 0.0553. The van der Waals surface area contributed by atoms with Crippen molar-refractivity contribution in [1.82, 2.24) is 0 Å². The number of nitro groups is 2. The van der Waals surface area contributed by atoms with Crippen LogP contribution in [0, 0.1) is 20.2 Å². The maximum absolute atomic E-state index is 12.0. The molecule has 0 aliphatic carbocycles. The van der Waals surface area contributed by atoms with Gasteiger partial charge in [-0.1, -0.05) is 26.2 Å². The van der Waals surface area contributed by atoms with Crippen molar-refractivity contribution in [3.8, 4) is 0 Å². The molecule has 144 valence electrons. The Morgan fingerprint density at radius 2 is 1.85 bits per heavy atom. The lowest BCUT2D eigenvalue weighted by Gasteiger charge is -2.06. The van der Waals surface area contributed by atoms with Crippen molar-refractivity contribution >= 4 is 32.6 Å². The monoisotopic (exact) mass is 386 g/mol. The highest BCUT2D eigenvalue weighted by molar-refractivity contribution is 7.92. The van der Waals surface area contributed by atoms with Crippen molar-refractivity contribution in [3.63, 3.8) is 0 Å². The second-order valence-electron chi connectivity index (χ2n) is 5.83. The molecule has 0 fully saturated rings. The summed E-state index contributed by atoms with van der Waals surface area (Å²) >= 11 is 0. The normalized spacial score (nSPS) is 12.0. The first-order valence-electron chi connectivity index (χ1n) is 8.08. The van der Waals surface area contributed by atoms with Gasteiger partial charge in [0.2, 0.25) is 0 Å². The van der Waals surface area contributed by atoms with Gasteiger partial charge in [0, 0.05) is 6.07 Å². The van der Waals surface area contributed by atoms with Crippen LogP contribution in [-0.4, -0.2) is 35.5 Å². The maximum atomic E-state index is 12.0. The molecule has 10 nitrogen and oxygen atoms in total. The van der Waals surface area contributed by atoms with Crippen LogP contribution in [0.1, 0.15) is 39.5 Å². The number of sulfone groups is 1. The Balaban J connectivity index is 2.80. The predicted molar refractivity (Wildman–Crippen MR) is 99.3 cm³/mol. The van der Waals surface area contributed by atoms with E-state index in [0.29, 0.717) is 6.42 Å². The Morgan fingerprint density at radius 3 is 2.42 bits per heavy atom. The minimum atomic E-state index is -3.30. The van der Waals surface area contributed by atoms with Crippen LogP contribution >= 0.6 is 0 Å². The third-order valence-electron chi connectivity index (χ3n) is 3.49. The highest BCUT2D eigenvalue weighted by Gasteiger charge is 2.19. The molecular formula is C15H22N4O6S. The number of non-ortho nitro benzene ring substituents is 1. The third kappa shape index (κ3) is 7.13. The van der Waals surface area contributed by atoms with Crippen LogP contribution in [0.5, 0.6) is 0 Å². The topological polar surface area (TPSA) is 145 Å². The third-order valence-corrected chi connectivity index (χ3v) is 5.26. The summed E-state index contributed by atoms with van der Waals surface area (Å²) in [5.41, 5.74) is 1.67. The molecule has 1 aromatic carbocycles. The number of nitrogens with zero attached hydrogens (tertiary/aromatic N) is 3. The number of rotatable bonds is 11. The number of hydrogen-bond acceptors (Lipinski definition) is 8. The number of anilines is 1. The fourth-order valence-electron chi connectivity index (χ4n) is 2.21. The summed E-state index contributed by atoms with van der Waals surface area (Å²) in [5.74, 6) is -0.190. The zero-order valence-corrected chi connectivity index (χ0v) is 15.5. The standard InChI is InChI=1S/C15H22N4O6S/c1-3-4-5-6-9-26(24,25)11-12(2)16-17-14-8-7-13(18(20)21)10-15(14)19(22)23/h7-8,10,17H,3-6,9,11H2,1-2H3/b16-12-. The molecule has 0 radical (unpaired) electrons. The van der Waals surface area contributed by atoms with Gasteiger partial charge in [0.05, 0.1) is 33.1 Å². The lowest BCUT2D eigenvalue weighted by atomic mass is 10.2. The molecule has 0 saturated carbocycles. The molecule has 0 aromatic heterocycles. The fraction of sp³-hybridized carbons (Fsp3) is 0.533. The SMILES string of the molecule is CCCCCCS(=O)(=O)C/C(C)=N\Nc1ccc([N+](=O)[O-])cc1[N+](=O)[O-]. The lowest BCUT2D eigenvalue weighted by Crippen LogP contribution is -2.18. The van der Waals surface area contributed by atoms with E-state index in [4.69, 9.17) is 0 Å². The molecule has 0 aliphatic heterocycles. The fourth-order valence-corrected chi connectivity index (χ4v) is 3.70. The molecule has 1 aromatic rings. The zero-order valence-electron chi connectivity index (χ0n) is 14.7. The first-order chi connectivity index (χ1) is 12.2. The molecule has 0 saturated heterocycles. The molecule has 0 aliphatic rings. The number of hydrogen-bond donors (Lipinski definition) is 1. The van der Waals surface area contributed by atoms with Gasteiger partial charge in [-0.05, 0) is 19.4 Å². The van der Waals surface area contributed by atoms with E-state index in [1.165, 1.54) is 6.92 Å². The lowest BCUT2D eigenvalue weighted by molar-refractivity contribution is -0.393. The van der Waals surface area contributed by atoms with Crippen LogP contribution in [-0.2, 0) is 9.84 Å². The van der Waals surface area contributed by atoms with Gasteiger partial charge in [0.25, 0.3) is 5.69 Å². The summed E-state index contributed by atoms with van der Waals surface area (Å²) in [5, 5.41) is 25.6. The second-order valence-corrected chi connectivity index (χ2v) is 8.01. The molecule has 0 atom stereocenters. The molecule has 0 heterocycles. The number of nitro benzene ring substituents is 2. The average molecular weight is 386 g/mol. The maximum Gasteiger partial charge on any atom is 0.301 e. The van der Waals surface area contributed by atoms with Crippen molar-refractivity contribution in [2.45, 2.75) is 39.5 Å². The molecular weight excluding hydrogens is 364 g/mol. The number of nitrogens with one attached hydrogen (secondary N) is 1. The van der Waals surface area contributed by atoms with Crippen LogP contribution in [0.2, 0.25) is 0 Å². The van der Waals surface area contributed by atoms with Crippen LogP contribution < -0.4 is 5.43 Å². The van der Waals surface area contributed by atoms with Gasteiger partial charge >= 0.3 is 5.69 Å². The Kier molecular flexibility index (Phi) is 8.10. The highest BCUT2D eigenvalue weighted by atomic mass is 32.2. The Morgan fingerprint density at radius 1 is 1.15 bits per heavy atom. The summed E-state index contributed by atoms with van der Waals surface area (Å²) in [7, 11) is -3.30. The summed E-state index contributed by atoms with van der Waals surface area (Å²) in [4.78, 5) is 20.2. The van der Waals surface area contributed by atoms with E-state index in [1.54, 1.807) is 0 Å². The molecule has 0 bridgehead atoms. The minimum Gasteiger partial charge on any atom is -0.272 e. The molecule has 11 heteroatoms. The molecule has 26 heavy (non-hydrogen) atoms. The number of hydrazone groups is 1. The predicted octanol–water partition coefficient (Wildman–Crippen LogP) is 3.29. The van der Waals surface area contributed by atoms with Gasteiger partial charge in [-0.25, -0.2) is 8.42 Å². The van der Waals surface area contributed by atoms with Crippen molar-refractivity contribution < 1.29 is 18.3 Å². The number of benzene rings is 1. The Bertz CT molecular complexity index is 791. The summed E-state index contributed by atoms with van der Waals surface area (Å²) in [6.07, 6.45) is 3.43. The van der Waals surface area contributed by atoms with Crippen molar-refractivity contribution in [2.75, 3.05) is 16.9 Å². The van der Waals surface area contributed by atoms with Gasteiger partial charge in [0.15, 0.2) is 9.84 Å². The van der Waals surface area contributed by atoms with Gasteiger partial charge in [-0.15, -0.1) is 0 Å². The first kappa shape index (κ1) is 21.5. The quantitative estimate of drug-likeness (QED) is 0.266. The van der Waals surface area contributed by atoms with Gasteiger partial charge < -0.3 is 0 Å². The van der Waals surface area contributed by atoms with Crippen LogP contribution in [0.4, 0.5) is 17.1 Å². The van der Waals surface area contributed by atoms with Crippen LogP contribution in [0.25, 0.3) is 0 Å². The smallest absolute Gasteiger partial charge is 0.272 e. The van der Waals surface area contributed by atoms with Gasteiger partial charge in [-0.3, -0.25) is 25.7 Å². The van der Waals surface area contributed by atoms with E-state index in [-0.39, 0.29) is 22.9 Å². The molecule has 1 N–H and O–H groups in total. The first-order valence-corrected chi connectivity index (χ1v) is 9.91. The number of unbranched alkanes of at least 4 members (excludes halogenated alkanes) is 3. The van der Waals surface area contributed by atoms with E-state index >= 15 is 0 Å². The highest BCUT2D eigenvalue weighted by Crippen LogP contribution is 2.28. The Labute approximate surface area is 151 Å². The summed E-state index contributed by atoms with van der Waals surface area (Å²) in [6.45, 7) is 3.53. The van der Waals surface area contributed by atoms with Crippen molar-refractivity contribution in [3.05, 3.63) is 38.4 Å². The molecule has 0 amide bonds. The average Bonchev–Trinajstić information content (AvgIpc) is 2.56. The largest absolute Gasteiger partial charge is 0.301 e. The van der Waals surface area contributed by atoms with E-state index in [0.717, 1.165) is 37.5 Å². The van der Waals surface area contributed by atoms with E-state index in [2.05, 4.69) is 10.5 Å². The van der Waals surface area contributed by atoms with Crippen LogP contribution in [0.3, 0.4) is 0 Å². The van der Waals surface area contributed by atoms with Crippen LogP contribution in [0.15, 0.2) is 23.3 Å². The van der Waals surface area contributed by atoms with Crippen molar-refractivity contribution in [2.24, 2.45) is 5.10 Å². The van der Waals surface area contributed by atoms with E-state index in [9.17, 15) is 28.6 Å². The van der Waals surface area contributed by atoms with E-state index < -0.39 is 31.1 Å². The Hall–Kier alpha value is -2.56.